The average Bonchev–Trinajstić information content (AvgIpc) is 3.04. The lowest BCUT2D eigenvalue weighted by molar-refractivity contribution is -0.162. The SMILES string of the molecule is CC[C@H]1C[C@H]2CN3CCc4c([nH]c5ccc(OC)cc45)C(C(=O)OC)(C2)[C@H]13. The van der Waals surface area contributed by atoms with Crippen LogP contribution in [0.15, 0.2) is 18.2 Å². The van der Waals surface area contributed by atoms with Crippen LogP contribution in [0.1, 0.15) is 37.4 Å². The summed E-state index contributed by atoms with van der Waals surface area (Å²) in [4.78, 5) is 19.6. The number of fused-ring (bicyclic) bond motifs is 4. The maximum absolute atomic E-state index is 13.4. The Morgan fingerprint density at radius 3 is 2.96 bits per heavy atom. The first kappa shape index (κ1) is 17.1. The van der Waals surface area contributed by atoms with E-state index in [9.17, 15) is 4.79 Å². The molecular weight excluding hydrogens is 340 g/mol. The fourth-order valence-electron chi connectivity index (χ4n) is 6.42. The van der Waals surface area contributed by atoms with Gasteiger partial charge in [0.15, 0.2) is 0 Å². The van der Waals surface area contributed by atoms with E-state index in [2.05, 4.69) is 28.9 Å². The van der Waals surface area contributed by atoms with Crippen LogP contribution in [-0.2, 0) is 21.4 Å². The van der Waals surface area contributed by atoms with Crippen molar-refractivity contribution in [3.8, 4) is 5.75 Å². The van der Waals surface area contributed by atoms with Crippen molar-refractivity contribution in [1.29, 1.82) is 0 Å². The fraction of sp³-hybridized carbons (Fsp3) is 0.591. The number of carbonyl (C=O) groups is 1. The number of ether oxygens (including phenoxy) is 2. The smallest absolute Gasteiger partial charge is 0.319 e. The van der Waals surface area contributed by atoms with E-state index in [1.807, 2.05) is 6.07 Å². The Bertz CT molecular complexity index is 904. The summed E-state index contributed by atoms with van der Waals surface area (Å²) in [6.07, 6.45) is 4.20. The van der Waals surface area contributed by atoms with E-state index in [4.69, 9.17) is 9.47 Å². The van der Waals surface area contributed by atoms with Gasteiger partial charge in [0.05, 0.1) is 14.2 Å². The third-order valence-electron chi connectivity index (χ3n) is 7.37. The van der Waals surface area contributed by atoms with Gasteiger partial charge >= 0.3 is 5.97 Å². The van der Waals surface area contributed by atoms with Gasteiger partial charge in [-0.25, -0.2) is 0 Å². The highest BCUT2D eigenvalue weighted by molar-refractivity contribution is 5.92. The van der Waals surface area contributed by atoms with Crippen LogP contribution >= 0.6 is 0 Å². The Kier molecular flexibility index (Phi) is 3.80. The normalized spacial score (nSPS) is 34.2. The number of H-pyrrole nitrogens is 1. The highest BCUT2D eigenvalue weighted by Gasteiger charge is 2.62. The first-order valence-electron chi connectivity index (χ1n) is 10.1. The summed E-state index contributed by atoms with van der Waals surface area (Å²) in [5, 5.41) is 1.19. The number of carbonyl (C=O) groups excluding carboxylic acids is 1. The topological polar surface area (TPSA) is 54.6 Å². The van der Waals surface area contributed by atoms with Gasteiger partial charge in [-0.05, 0) is 54.9 Å². The first-order valence-corrected chi connectivity index (χ1v) is 10.1. The van der Waals surface area contributed by atoms with Crippen LogP contribution in [0.25, 0.3) is 10.9 Å². The van der Waals surface area contributed by atoms with E-state index >= 15 is 0 Å². The third-order valence-corrected chi connectivity index (χ3v) is 7.37. The summed E-state index contributed by atoms with van der Waals surface area (Å²) in [6, 6.07) is 6.40. The zero-order valence-corrected chi connectivity index (χ0v) is 16.4. The molecule has 3 fully saturated rings. The van der Waals surface area contributed by atoms with Gasteiger partial charge in [-0.2, -0.15) is 0 Å². The molecule has 144 valence electrons. The Hall–Kier alpha value is -2.01. The zero-order valence-electron chi connectivity index (χ0n) is 16.4. The number of hydrogen-bond donors (Lipinski definition) is 1. The Labute approximate surface area is 160 Å². The zero-order chi connectivity index (χ0) is 18.8. The van der Waals surface area contributed by atoms with Crippen molar-refractivity contribution in [2.24, 2.45) is 11.8 Å². The van der Waals surface area contributed by atoms with E-state index in [0.29, 0.717) is 11.8 Å². The number of rotatable bonds is 3. The second-order valence-corrected chi connectivity index (χ2v) is 8.52. The van der Waals surface area contributed by atoms with Gasteiger partial charge in [0.1, 0.15) is 11.2 Å². The molecule has 4 aliphatic rings. The second kappa shape index (κ2) is 5.99. The van der Waals surface area contributed by atoms with Gasteiger partial charge in [-0.1, -0.05) is 13.3 Å². The van der Waals surface area contributed by atoms with Gasteiger partial charge in [0.2, 0.25) is 0 Å². The molecule has 27 heavy (non-hydrogen) atoms. The van der Waals surface area contributed by atoms with Crippen molar-refractivity contribution in [2.45, 2.75) is 44.1 Å². The van der Waals surface area contributed by atoms with Crippen LogP contribution in [0.2, 0.25) is 0 Å². The van der Waals surface area contributed by atoms with Crippen LogP contribution < -0.4 is 4.74 Å². The fourth-order valence-corrected chi connectivity index (χ4v) is 6.42. The van der Waals surface area contributed by atoms with Crippen LogP contribution in [0.3, 0.4) is 0 Å². The lowest BCUT2D eigenvalue weighted by atomic mass is 9.56. The molecule has 0 amide bonds. The minimum absolute atomic E-state index is 0.0676. The van der Waals surface area contributed by atoms with Gasteiger partial charge in [-0.15, -0.1) is 0 Å². The number of esters is 1. The summed E-state index contributed by atoms with van der Waals surface area (Å²) in [5.41, 5.74) is 2.90. The van der Waals surface area contributed by atoms with Crippen LogP contribution in [0.4, 0.5) is 0 Å². The van der Waals surface area contributed by atoms with Crippen molar-refractivity contribution < 1.29 is 14.3 Å². The third kappa shape index (κ3) is 2.18. The molecule has 0 radical (unpaired) electrons. The minimum atomic E-state index is -0.575. The highest BCUT2D eigenvalue weighted by Crippen LogP contribution is 2.55. The maximum atomic E-state index is 13.4. The van der Waals surface area contributed by atoms with Crippen molar-refractivity contribution in [1.82, 2.24) is 9.88 Å². The molecule has 5 heteroatoms. The predicted octanol–water partition coefficient (Wildman–Crippen LogP) is 3.26. The number of nitrogens with zero attached hydrogens (tertiary/aromatic N) is 1. The van der Waals surface area contributed by atoms with Crippen molar-refractivity contribution in [2.75, 3.05) is 27.3 Å². The average molecular weight is 368 g/mol. The van der Waals surface area contributed by atoms with E-state index < -0.39 is 5.41 Å². The number of benzene rings is 1. The number of methoxy groups -OCH3 is 2. The summed E-state index contributed by atoms with van der Waals surface area (Å²) in [5.74, 6) is 1.90. The van der Waals surface area contributed by atoms with Crippen molar-refractivity contribution in [3.63, 3.8) is 0 Å². The van der Waals surface area contributed by atoms with Gasteiger partial charge in [0, 0.05) is 35.7 Å². The van der Waals surface area contributed by atoms with E-state index in [1.165, 1.54) is 17.4 Å². The molecule has 1 aromatic heterocycles. The number of nitrogens with one attached hydrogen (secondary N) is 1. The van der Waals surface area contributed by atoms with Crippen LogP contribution in [0.5, 0.6) is 5.75 Å². The molecule has 2 aromatic rings. The maximum Gasteiger partial charge on any atom is 0.319 e. The van der Waals surface area contributed by atoms with Crippen LogP contribution in [0, 0.1) is 11.8 Å². The van der Waals surface area contributed by atoms with Crippen molar-refractivity contribution >= 4 is 16.9 Å². The molecular formula is C22H28N2O3. The minimum Gasteiger partial charge on any atom is -0.497 e. The molecule has 3 aliphatic heterocycles. The molecule has 1 aromatic carbocycles. The Morgan fingerprint density at radius 2 is 2.22 bits per heavy atom. The lowest BCUT2D eigenvalue weighted by Gasteiger charge is -2.57. The Balaban J connectivity index is 1.79. The number of aromatic amines is 1. The standard InChI is InChI=1S/C22H28N2O3/c1-4-14-9-13-11-22(21(25)27-3)19-16(7-8-24(12-13)20(14)22)17-10-15(26-2)5-6-18(17)23-19/h5-6,10,13-14,20,23H,4,7-9,11-12H2,1-3H3/t13-,14+,20+,22?/m1/s1. The van der Waals surface area contributed by atoms with Crippen LogP contribution in [-0.4, -0.2) is 49.2 Å². The van der Waals surface area contributed by atoms with Gasteiger partial charge < -0.3 is 14.5 Å². The van der Waals surface area contributed by atoms with E-state index in [-0.39, 0.29) is 12.0 Å². The van der Waals surface area contributed by atoms with E-state index in [0.717, 1.165) is 49.3 Å². The van der Waals surface area contributed by atoms with Gasteiger partial charge in [-0.3, -0.25) is 9.69 Å². The highest BCUT2D eigenvalue weighted by atomic mass is 16.5. The summed E-state index contributed by atoms with van der Waals surface area (Å²) < 4.78 is 10.9. The lowest BCUT2D eigenvalue weighted by Crippen LogP contribution is -2.67. The quantitative estimate of drug-likeness (QED) is 0.845. The second-order valence-electron chi connectivity index (χ2n) is 8.52. The molecule has 6 rings (SSSR count). The molecule has 5 atom stereocenters. The first-order chi connectivity index (χ1) is 13.1. The molecule has 2 saturated heterocycles. The Morgan fingerprint density at radius 1 is 1.37 bits per heavy atom. The van der Waals surface area contributed by atoms with Gasteiger partial charge in [0.25, 0.3) is 0 Å². The molecule has 4 bridgehead atoms. The monoisotopic (exact) mass is 368 g/mol. The molecule has 1 aliphatic carbocycles. The predicted molar refractivity (Wildman–Crippen MR) is 104 cm³/mol. The summed E-state index contributed by atoms with van der Waals surface area (Å²) >= 11 is 0. The molecule has 4 heterocycles. The molecule has 5 nitrogen and oxygen atoms in total. The number of piperidine rings is 2. The largest absolute Gasteiger partial charge is 0.497 e. The summed E-state index contributed by atoms with van der Waals surface area (Å²) in [6.45, 7) is 4.39. The summed E-state index contributed by atoms with van der Waals surface area (Å²) in [7, 11) is 3.24. The number of aromatic nitrogens is 1. The molecule has 1 N–H and O–H groups in total. The van der Waals surface area contributed by atoms with E-state index in [1.54, 1.807) is 14.2 Å². The molecule has 1 saturated carbocycles. The molecule has 2 unspecified atom stereocenters. The van der Waals surface area contributed by atoms with Crippen molar-refractivity contribution in [3.05, 3.63) is 29.5 Å². The molecule has 0 spiro atoms. The number of hydrogen-bond acceptors (Lipinski definition) is 4.